The number of nitrogens with one attached hydrogen (secondary N) is 1. The molecule has 1 amide bonds. The van der Waals surface area contributed by atoms with Crippen LogP contribution in [0, 0.1) is 0 Å². The van der Waals surface area contributed by atoms with Crippen LogP contribution in [-0.2, 0) is 5.88 Å². The van der Waals surface area contributed by atoms with E-state index in [2.05, 4.69) is 15.4 Å². The number of fused-ring (bicyclic) bond motifs is 1. The molecule has 2 aromatic heterocycles. The van der Waals surface area contributed by atoms with Crippen molar-refractivity contribution >= 4 is 28.7 Å². The van der Waals surface area contributed by atoms with E-state index in [1.165, 1.54) is 6.20 Å². The standard InChI is InChI=1S/C14H11ClN4O/c15-7-10-2-1-3-11(6-10)18-14(20)12-8-17-19-5-4-16-9-13(12)19/h1-6,8-9H,7H2,(H,18,20). The quantitative estimate of drug-likeness (QED) is 0.753. The van der Waals surface area contributed by atoms with Gasteiger partial charge in [0, 0.05) is 24.0 Å². The number of alkyl halides is 1. The number of nitrogens with zero attached hydrogens (tertiary/aromatic N) is 3. The molecule has 0 atom stereocenters. The SMILES string of the molecule is O=C(Nc1cccc(CCl)c1)c1cnn2ccncc12. The Morgan fingerprint density at radius 3 is 3.10 bits per heavy atom. The van der Waals surface area contributed by atoms with E-state index in [1.54, 1.807) is 23.1 Å². The van der Waals surface area contributed by atoms with Crippen molar-refractivity contribution < 1.29 is 4.79 Å². The maximum absolute atomic E-state index is 12.3. The molecule has 0 aliphatic rings. The number of carbonyl (C=O) groups is 1. The number of benzene rings is 1. The van der Waals surface area contributed by atoms with Gasteiger partial charge in [-0.25, -0.2) is 4.52 Å². The minimum atomic E-state index is -0.222. The van der Waals surface area contributed by atoms with Crippen LogP contribution in [0.15, 0.2) is 49.1 Å². The first-order valence-corrected chi connectivity index (χ1v) is 6.55. The number of rotatable bonds is 3. The summed E-state index contributed by atoms with van der Waals surface area (Å²) in [7, 11) is 0. The van der Waals surface area contributed by atoms with Crippen LogP contribution in [0.4, 0.5) is 5.69 Å². The number of carbonyl (C=O) groups excluding carboxylic acids is 1. The van der Waals surface area contributed by atoms with E-state index in [4.69, 9.17) is 11.6 Å². The zero-order valence-electron chi connectivity index (χ0n) is 10.5. The lowest BCUT2D eigenvalue weighted by Gasteiger charge is -2.05. The summed E-state index contributed by atoms with van der Waals surface area (Å²) in [6.07, 6.45) is 6.45. The molecule has 3 aromatic rings. The van der Waals surface area contributed by atoms with E-state index in [1.807, 2.05) is 24.3 Å². The van der Waals surface area contributed by atoms with Gasteiger partial charge in [0.1, 0.15) is 0 Å². The molecule has 0 spiro atoms. The number of aromatic nitrogens is 3. The number of amides is 1. The molecule has 0 saturated heterocycles. The summed E-state index contributed by atoms with van der Waals surface area (Å²) in [6, 6.07) is 7.42. The molecule has 1 N–H and O–H groups in total. The normalized spacial score (nSPS) is 10.7. The maximum Gasteiger partial charge on any atom is 0.259 e. The first-order chi connectivity index (χ1) is 9.78. The summed E-state index contributed by atoms with van der Waals surface area (Å²) in [4.78, 5) is 16.3. The van der Waals surface area contributed by atoms with E-state index in [0.717, 1.165) is 5.56 Å². The van der Waals surface area contributed by atoms with Crippen molar-refractivity contribution in [1.82, 2.24) is 14.6 Å². The lowest BCUT2D eigenvalue weighted by Crippen LogP contribution is -2.11. The van der Waals surface area contributed by atoms with Crippen molar-refractivity contribution in [2.24, 2.45) is 0 Å². The summed E-state index contributed by atoms with van der Waals surface area (Å²) in [6.45, 7) is 0. The Balaban J connectivity index is 1.89. The van der Waals surface area contributed by atoms with Crippen LogP contribution in [-0.4, -0.2) is 20.5 Å². The molecule has 3 rings (SSSR count). The topological polar surface area (TPSA) is 59.3 Å². The molecule has 0 aliphatic heterocycles. The van der Waals surface area contributed by atoms with Gasteiger partial charge >= 0.3 is 0 Å². The second-order valence-electron chi connectivity index (χ2n) is 4.25. The van der Waals surface area contributed by atoms with Crippen LogP contribution in [0.1, 0.15) is 15.9 Å². The molecule has 0 saturated carbocycles. The lowest BCUT2D eigenvalue weighted by molar-refractivity contribution is 0.102. The summed E-state index contributed by atoms with van der Waals surface area (Å²) in [5.74, 6) is 0.185. The first-order valence-electron chi connectivity index (χ1n) is 6.01. The Hall–Kier alpha value is -2.40. The van der Waals surface area contributed by atoms with Crippen molar-refractivity contribution in [1.29, 1.82) is 0 Å². The summed E-state index contributed by atoms with van der Waals surface area (Å²) in [5.41, 5.74) is 2.80. The fourth-order valence-electron chi connectivity index (χ4n) is 1.94. The fourth-order valence-corrected chi connectivity index (χ4v) is 2.11. The molecule has 0 bridgehead atoms. The van der Waals surface area contributed by atoms with E-state index < -0.39 is 0 Å². The second kappa shape index (κ2) is 5.30. The Labute approximate surface area is 120 Å². The van der Waals surface area contributed by atoms with Crippen LogP contribution in [0.2, 0.25) is 0 Å². The molecular weight excluding hydrogens is 276 g/mol. The minimum Gasteiger partial charge on any atom is -0.322 e. The van der Waals surface area contributed by atoms with Crippen LogP contribution < -0.4 is 5.32 Å². The molecular formula is C14H11ClN4O. The summed E-state index contributed by atoms with van der Waals surface area (Å²) < 4.78 is 1.61. The molecule has 100 valence electrons. The van der Waals surface area contributed by atoms with Gasteiger partial charge in [0.2, 0.25) is 0 Å². The highest BCUT2D eigenvalue weighted by Gasteiger charge is 2.12. The van der Waals surface area contributed by atoms with E-state index in [-0.39, 0.29) is 5.91 Å². The van der Waals surface area contributed by atoms with Crippen LogP contribution in [0.3, 0.4) is 0 Å². The number of hydrogen-bond acceptors (Lipinski definition) is 3. The van der Waals surface area contributed by atoms with Gasteiger partial charge in [-0.15, -0.1) is 11.6 Å². The van der Waals surface area contributed by atoms with Gasteiger partial charge in [-0.2, -0.15) is 5.10 Å². The molecule has 2 heterocycles. The zero-order chi connectivity index (χ0) is 13.9. The third-order valence-corrected chi connectivity index (χ3v) is 3.22. The Kier molecular flexibility index (Phi) is 3.35. The molecule has 1 aromatic carbocycles. The number of anilines is 1. The van der Waals surface area contributed by atoms with Gasteiger partial charge in [0.15, 0.2) is 0 Å². The van der Waals surface area contributed by atoms with E-state index in [0.29, 0.717) is 22.6 Å². The highest BCUT2D eigenvalue weighted by atomic mass is 35.5. The summed E-state index contributed by atoms with van der Waals surface area (Å²) in [5, 5.41) is 6.94. The number of hydrogen-bond donors (Lipinski definition) is 1. The third-order valence-electron chi connectivity index (χ3n) is 2.91. The first kappa shape index (κ1) is 12.6. The second-order valence-corrected chi connectivity index (χ2v) is 4.52. The Morgan fingerprint density at radius 1 is 1.35 bits per heavy atom. The van der Waals surface area contributed by atoms with Gasteiger partial charge in [-0.1, -0.05) is 12.1 Å². The predicted molar refractivity (Wildman–Crippen MR) is 76.9 cm³/mol. The predicted octanol–water partition coefficient (Wildman–Crippen LogP) is 2.72. The van der Waals surface area contributed by atoms with E-state index in [9.17, 15) is 4.79 Å². The highest BCUT2D eigenvalue weighted by Crippen LogP contribution is 2.15. The highest BCUT2D eigenvalue weighted by molar-refractivity contribution is 6.17. The van der Waals surface area contributed by atoms with Gasteiger partial charge in [0.05, 0.1) is 23.5 Å². The molecule has 5 nitrogen and oxygen atoms in total. The largest absolute Gasteiger partial charge is 0.322 e. The average Bonchev–Trinajstić information content (AvgIpc) is 2.91. The van der Waals surface area contributed by atoms with Crippen molar-refractivity contribution in [2.75, 3.05) is 5.32 Å². The zero-order valence-corrected chi connectivity index (χ0v) is 11.2. The molecule has 0 unspecified atom stereocenters. The van der Waals surface area contributed by atoms with Crippen molar-refractivity contribution in [3.63, 3.8) is 0 Å². The lowest BCUT2D eigenvalue weighted by atomic mass is 10.2. The van der Waals surface area contributed by atoms with Crippen molar-refractivity contribution in [3.05, 3.63) is 60.2 Å². The molecule has 6 heteroatoms. The van der Waals surface area contributed by atoms with Crippen LogP contribution in [0.25, 0.3) is 5.52 Å². The van der Waals surface area contributed by atoms with Gasteiger partial charge < -0.3 is 5.32 Å². The van der Waals surface area contributed by atoms with Gasteiger partial charge in [-0.05, 0) is 17.7 Å². The molecule has 0 radical (unpaired) electrons. The van der Waals surface area contributed by atoms with Crippen molar-refractivity contribution in [3.8, 4) is 0 Å². The van der Waals surface area contributed by atoms with Gasteiger partial charge in [0.25, 0.3) is 5.91 Å². The minimum absolute atomic E-state index is 0.222. The maximum atomic E-state index is 12.3. The molecule has 0 fully saturated rings. The Bertz CT molecular complexity index is 768. The van der Waals surface area contributed by atoms with E-state index >= 15 is 0 Å². The summed E-state index contributed by atoms with van der Waals surface area (Å²) >= 11 is 5.78. The Morgan fingerprint density at radius 2 is 2.25 bits per heavy atom. The molecule has 0 aliphatic carbocycles. The van der Waals surface area contributed by atoms with Crippen LogP contribution >= 0.6 is 11.6 Å². The average molecular weight is 287 g/mol. The fraction of sp³-hybridized carbons (Fsp3) is 0.0714. The van der Waals surface area contributed by atoms with Gasteiger partial charge in [-0.3, -0.25) is 9.78 Å². The molecule has 20 heavy (non-hydrogen) atoms. The van der Waals surface area contributed by atoms with Crippen LogP contribution in [0.5, 0.6) is 0 Å². The van der Waals surface area contributed by atoms with Crippen molar-refractivity contribution in [2.45, 2.75) is 5.88 Å². The smallest absolute Gasteiger partial charge is 0.259 e. The number of halogens is 1. The monoisotopic (exact) mass is 286 g/mol. The third kappa shape index (κ3) is 2.35.